The topological polar surface area (TPSA) is 51.3 Å². The number of benzene rings is 3. The van der Waals surface area contributed by atoms with E-state index in [9.17, 15) is 9.18 Å². The molecule has 0 spiro atoms. The van der Waals surface area contributed by atoms with Gasteiger partial charge in [-0.3, -0.25) is 9.17 Å². The van der Waals surface area contributed by atoms with Crippen molar-refractivity contribution in [3.63, 3.8) is 0 Å². The second kappa shape index (κ2) is 8.63. The van der Waals surface area contributed by atoms with Gasteiger partial charge in [-0.1, -0.05) is 29.7 Å². The first kappa shape index (κ1) is 20.5. The third-order valence-corrected chi connectivity index (χ3v) is 6.56. The number of fused-ring (bicyclic) bond motifs is 1. The van der Waals surface area contributed by atoms with E-state index in [0.29, 0.717) is 12.4 Å². The Balaban J connectivity index is 1.42. The SMILES string of the molecule is CCOc1ccc(F)cc1-c1cccc2c1CC[C@H]2Oc1ccc(-c2cc(=O)[nH]s2)cc1. The fraction of sp³-hybridized carbons (Fsp3) is 0.192. The lowest BCUT2D eigenvalue weighted by molar-refractivity contribution is 0.207. The van der Waals surface area contributed by atoms with Crippen molar-refractivity contribution < 1.29 is 13.9 Å². The van der Waals surface area contributed by atoms with Gasteiger partial charge in [-0.2, -0.15) is 0 Å². The fourth-order valence-electron chi connectivity index (χ4n) is 4.27. The van der Waals surface area contributed by atoms with Crippen LogP contribution in [0.3, 0.4) is 0 Å². The van der Waals surface area contributed by atoms with Crippen LogP contribution >= 0.6 is 11.5 Å². The zero-order chi connectivity index (χ0) is 22.1. The van der Waals surface area contributed by atoms with Crippen LogP contribution in [0.2, 0.25) is 0 Å². The Morgan fingerprint density at radius 1 is 1.06 bits per heavy atom. The van der Waals surface area contributed by atoms with Gasteiger partial charge in [0.1, 0.15) is 23.4 Å². The Kier molecular flexibility index (Phi) is 5.53. The van der Waals surface area contributed by atoms with Crippen LogP contribution in [0.1, 0.15) is 30.6 Å². The molecular formula is C26H22FNO3S. The van der Waals surface area contributed by atoms with Crippen molar-refractivity contribution >= 4 is 11.5 Å². The van der Waals surface area contributed by atoms with Gasteiger partial charge in [-0.25, -0.2) is 4.39 Å². The third kappa shape index (κ3) is 3.94. The molecule has 1 aliphatic rings. The summed E-state index contributed by atoms with van der Waals surface area (Å²) in [5, 5.41) is 0. The molecule has 1 aromatic heterocycles. The minimum absolute atomic E-state index is 0.0665. The summed E-state index contributed by atoms with van der Waals surface area (Å²) in [6.07, 6.45) is 1.64. The molecule has 162 valence electrons. The highest BCUT2D eigenvalue weighted by atomic mass is 32.1. The molecule has 0 bridgehead atoms. The van der Waals surface area contributed by atoms with Crippen molar-refractivity contribution in [2.24, 2.45) is 0 Å². The highest BCUT2D eigenvalue weighted by Crippen LogP contribution is 2.42. The number of halogens is 1. The fourth-order valence-corrected chi connectivity index (χ4v) is 4.96. The zero-order valence-electron chi connectivity index (χ0n) is 17.6. The molecule has 0 amide bonds. The summed E-state index contributed by atoms with van der Waals surface area (Å²) in [4.78, 5) is 12.3. The highest BCUT2D eigenvalue weighted by molar-refractivity contribution is 7.09. The molecule has 1 N–H and O–H groups in total. The molecule has 0 aliphatic heterocycles. The number of hydrogen-bond donors (Lipinski definition) is 1. The molecule has 3 aromatic carbocycles. The molecule has 0 saturated carbocycles. The predicted molar refractivity (Wildman–Crippen MR) is 125 cm³/mol. The summed E-state index contributed by atoms with van der Waals surface area (Å²) in [5.74, 6) is 1.19. The number of H-pyrrole nitrogens is 1. The minimum atomic E-state index is -0.278. The van der Waals surface area contributed by atoms with E-state index in [-0.39, 0.29) is 17.5 Å². The van der Waals surface area contributed by atoms with Gasteiger partial charge in [-0.15, -0.1) is 0 Å². The van der Waals surface area contributed by atoms with E-state index < -0.39 is 0 Å². The first-order valence-corrected chi connectivity index (χ1v) is 11.4. The molecule has 0 unspecified atom stereocenters. The summed E-state index contributed by atoms with van der Waals surface area (Å²) in [6, 6.07) is 20.1. The molecule has 4 nitrogen and oxygen atoms in total. The largest absolute Gasteiger partial charge is 0.493 e. The Labute approximate surface area is 189 Å². The van der Waals surface area contributed by atoms with Gasteiger partial charge in [0.15, 0.2) is 0 Å². The summed E-state index contributed by atoms with van der Waals surface area (Å²) in [7, 11) is 0. The smallest absolute Gasteiger partial charge is 0.258 e. The molecule has 1 aliphatic carbocycles. The van der Waals surface area contributed by atoms with Crippen molar-refractivity contribution in [2.75, 3.05) is 6.61 Å². The molecule has 1 atom stereocenters. The van der Waals surface area contributed by atoms with Gasteiger partial charge in [0.05, 0.1) is 11.5 Å². The summed E-state index contributed by atoms with van der Waals surface area (Å²) in [6.45, 7) is 2.45. The molecule has 0 radical (unpaired) electrons. The van der Waals surface area contributed by atoms with E-state index in [1.165, 1.54) is 23.2 Å². The first-order valence-electron chi connectivity index (χ1n) is 10.6. The molecule has 0 saturated heterocycles. The molecule has 5 rings (SSSR count). The maximum atomic E-state index is 14.0. The second-order valence-corrected chi connectivity index (χ2v) is 8.54. The minimum Gasteiger partial charge on any atom is -0.493 e. The van der Waals surface area contributed by atoms with E-state index >= 15 is 0 Å². The number of aromatic amines is 1. The van der Waals surface area contributed by atoms with Gasteiger partial charge >= 0.3 is 0 Å². The second-order valence-electron chi connectivity index (χ2n) is 7.69. The van der Waals surface area contributed by atoms with Crippen LogP contribution in [-0.4, -0.2) is 11.0 Å². The van der Waals surface area contributed by atoms with Gasteiger partial charge in [0, 0.05) is 11.6 Å². The monoisotopic (exact) mass is 447 g/mol. The Morgan fingerprint density at radius 3 is 2.66 bits per heavy atom. The van der Waals surface area contributed by atoms with Crippen LogP contribution in [0.15, 0.2) is 71.5 Å². The van der Waals surface area contributed by atoms with Crippen LogP contribution < -0.4 is 15.0 Å². The van der Waals surface area contributed by atoms with Crippen LogP contribution in [-0.2, 0) is 6.42 Å². The Bertz CT molecular complexity index is 1310. The summed E-state index contributed by atoms with van der Waals surface area (Å²) in [5.41, 5.74) is 4.97. The summed E-state index contributed by atoms with van der Waals surface area (Å²) < 4.78 is 28.8. The lowest BCUT2D eigenvalue weighted by Gasteiger charge is -2.17. The maximum Gasteiger partial charge on any atom is 0.258 e. The van der Waals surface area contributed by atoms with E-state index in [0.717, 1.165) is 45.7 Å². The normalized spacial score (nSPS) is 14.9. The molecule has 4 aromatic rings. The lowest BCUT2D eigenvalue weighted by Crippen LogP contribution is -2.03. The lowest BCUT2D eigenvalue weighted by atomic mass is 9.96. The van der Waals surface area contributed by atoms with Gasteiger partial charge in [-0.05, 0) is 84.5 Å². The van der Waals surface area contributed by atoms with Crippen molar-refractivity contribution in [3.8, 4) is 33.1 Å². The zero-order valence-corrected chi connectivity index (χ0v) is 18.4. The quantitative estimate of drug-likeness (QED) is 0.373. The number of rotatable bonds is 6. The third-order valence-electron chi connectivity index (χ3n) is 5.69. The average Bonchev–Trinajstić information content (AvgIpc) is 3.42. The number of nitrogens with one attached hydrogen (secondary N) is 1. The van der Waals surface area contributed by atoms with E-state index in [1.54, 1.807) is 18.2 Å². The van der Waals surface area contributed by atoms with E-state index in [2.05, 4.69) is 10.4 Å². The highest BCUT2D eigenvalue weighted by Gasteiger charge is 2.27. The molecule has 6 heteroatoms. The van der Waals surface area contributed by atoms with Crippen LogP contribution in [0.5, 0.6) is 11.5 Å². The maximum absolute atomic E-state index is 14.0. The van der Waals surface area contributed by atoms with Crippen molar-refractivity contribution in [1.82, 2.24) is 4.37 Å². The standard InChI is InChI=1S/C26H22FNO3S/c1-2-30-23-12-8-17(27)14-22(23)19-4-3-5-21-20(19)11-13-24(21)31-18-9-6-16(7-10-18)25-15-26(29)28-32-25/h3-10,12,14-15,24H,2,11,13H2,1H3,(H,28,29)/t24-/m1/s1. The molecule has 32 heavy (non-hydrogen) atoms. The Morgan fingerprint density at radius 2 is 1.91 bits per heavy atom. The van der Waals surface area contributed by atoms with Gasteiger partial charge < -0.3 is 9.47 Å². The molecular weight excluding hydrogens is 425 g/mol. The van der Waals surface area contributed by atoms with Crippen molar-refractivity contribution in [3.05, 3.63) is 94.0 Å². The number of ether oxygens (including phenoxy) is 2. The Hall–Kier alpha value is -3.38. The van der Waals surface area contributed by atoms with E-state index in [1.807, 2.05) is 43.3 Å². The predicted octanol–water partition coefficient (Wildman–Crippen LogP) is 6.37. The molecule has 0 fully saturated rings. The van der Waals surface area contributed by atoms with Crippen LogP contribution in [0, 0.1) is 5.82 Å². The number of hydrogen-bond acceptors (Lipinski definition) is 4. The molecule has 1 heterocycles. The van der Waals surface area contributed by atoms with E-state index in [4.69, 9.17) is 9.47 Å². The van der Waals surface area contributed by atoms with Crippen molar-refractivity contribution in [1.29, 1.82) is 0 Å². The van der Waals surface area contributed by atoms with Crippen LogP contribution in [0.4, 0.5) is 4.39 Å². The van der Waals surface area contributed by atoms with Crippen molar-refractivity contribution in [2.45, 2.75) is 25.9 Å². The first-order chi connectivity index (χ1) is 15.6. The van der Waals surface area contributed by atoms with Crippen LogP contribution in [0.25, 0.3) is 21.6 Å². The number of aromatic nitrogens is 1. The average molecular weight is 448 g/mol. The van der Waals surface area contributed by atoms with Gasteiger partial charge in [0.25, 0.3) is 5.56 Å². The summed E-state index contributed by atoms with van der Waals surface area (Å²) >= 11 is 1.32. The van der Waals surface area contributed by atoms with Gasteiger partial charge in [0.2, 0.25) is 0 Å².